The van der Waals surface area contributed by atoms with E-state index in [4.69, 9.17) is 0 Å². The Morgan fingerprint density at radius 2 is 1.43 bits per heavy atom. The molecule has 2 aliphatic heterocycles. The van der Waals surface area contributed by atoms with Crippen LogP contribution in [0.4, 0.5) is 32.0 Å². The second-order valence-electron chi connectivity index (χ2n) is 11.8. The van der Waals surface area contributed by atoms with Gasteiger partial charge in [0.05, 0.1) is 29.1 Å². The summed E-state index contributed by atoms with van der Waals surface area (Å²) in [6.07, 6.45) is -7.18. The fourth-order valence-corrected chi connectivity index (χ4v) is 7.11. The molecule has 1 saturated heterocycles. The van der Waals surface area contributed by atoms with Crippen molar-refractivity contribution < 1.29 is 35.9 Å². The van der Waals surface area contributed by atoms with Crippen LogP contribution >= 0.6 is 0 Å². The number of likely N-dealkylation sites (tertiary alicyclic amines) is 1. The van der Waals surface area contributed by atoms with Crippen molar-refractivity contribution in [1.82, 2.24) is 10.2 Å². The van der Waals surface area contributed by atoms with Gasteiger partial charge >= 0.3 is 12.4 Å². The van der Waals surface area contributed by atoms with Gasteiger partial charge in [0.2, 0.25) is 5.91 Å². The summed E-state index contributed by atoms with van der Waals surface area (Å²) in [6, 6.07) is 17.7. The number of rotatable bonds is 4. The van der Waals surface area contributed by atoms with Gasteiger partial charge in [0.15, 0.2) is 0 Å². The van der Waals surface area contributed by atoms with Gasteiger partial charge in [-0.1, -0.05) is 61.4 Å². The third-order valence-electron chi connectivity index (χ3n) is 9.15. The van der Waals surface area contributed by atoms with Gasteiger partial charge in [-0.15, -0.1) is 0 Å². The van der Waals surface area contributed by atoms with Gasteiger partial charge in [-0.2, -0.15) is 26.3 Å². The molecule has 0 unspecified atom stereocenters. The Hall–Kier alpha value is -4.02. The maximum absolute atomic E-state index is 14.3. The van der Waals surface area contributed by atoms with Crippen molar-refractivity contribution in [3.63, 3.8) is 0 Å². The Morgan fingerprint density at radius 1 is 0.795 bits per heavy atom. The van der Waals surface area contributed by atoms with Crippen LogP contribution in [-0.2, 0) is 17.1 Å². The number of nitrogens with zero attached hydrogens (tertiary/aromatic N) is 1. The lowest BCUT2D eigenvalue weighted by Crippen LogP contribution is -2.50. The van der Waals surface area contributed by atoms with E-state index in [9.17, 15) is 35.9 Å². The third kappa shape index (κ3) is 5.76. The highest BCUT2D eigenvalue weighted by Gasteiger charge is 2.48. The quantitative estimate of drug-likeness (QED) is 0.295. The van der Waals surface area contributed by atoms with Gasteiger partial charge in [-0.3, -0.25) is 9.59 Å². The number of halogens is 6. The smallest absolute Gasteiger partial charge is 0.378 e. The number of carbonyl (C=O) groups is 2. The first-order chi connectivity index (χ1) is 20.9. The largest absolute Gasteiger partial charge is 0.416 e. The van der Waals surface area contributed by atoms with Crippen molar-refractivity contribution in [3.05, 3.63) is 101 Å². The van der Waals surface area contributed by atoms with E-state index in [1.54, 1.807) is 0 Å². The second-order valence-corrected chi connectivity index (χ2v) is 11.8. The highest BCUT2D eigenvalue weighted by Crippen LogP contribution is 2.52. The molecule has 2 N–H and O–H groups in total. The monoisotopic (exact) mass is 615 g/mol. The minimum absolute atomic E-state index is 0.00686. The molecule has 0 aromatic heterocycles. The lowest BCUT2D eigenvalue weighted by Gasteiger charge is -2.42. The predicted molar refractivity (Wildman–Crippen MR) is 151 cm³/mol. The number of fused-ring (bicyclic) bond motifs is 3. The van der Waals surface area contributed by atoms with Crippen LogP contribution in [0.2, 0.25) is 0 Å². The maximum Gasteiger partial charge on any atom is 0.416 e. The summed E-state index contributed by atoms with van der Waals surface area (Å²) in [6.45, 7) is 0.493. The third-order valence-corrected chi connectivity index (χ3v) is 9.15. The Morgan fingerprint density at radius 3 is 2.11 bits per heavy atom. The standard InChI is InChI=1S/C33H31F6N3O2/c34-32(35,36)21-16-20(17-22(18-21)33(37,38)39)30(43)41-27-13-7-5-11-24(27)31(44)42-15-14-25-28(19-8-2-1-3-9-19)40-26-12-6-4-10-23(26)29(25)42/h1-4,6,8-10,12,16-18,24-25,27-29,40H,5,7,11,13-15H2,(H,41,43)/t24-,25+,27+,28-,29-/m0/s1. The van der Waals surface area contributed by atoms with Crippen LogP contribution in [0.5, 0.6) is 0 Å². The van der Waals surface area contributed by atoms with Crippen LogP contribution in [0, 0.1) is 11.8 Å². The summed E-state index contributed by atoms with van der Waals surface area (Å²) in [5, 5.41) is 6.29. The molecule has 5 atom stereocenters. The zero-order valence-electron chi connectivity index (χ0n) is 23.6. The summed E-state index contributed by atoms with van der Waals surface area (Å²) >= 11 is 0. The van der Waals surface area contributed by atoms with Crippen molar-refractivity contribution in [2.75, 3.05) is 11.9 Å². The van der Waals surface area contributed by atoms with Crippen LogP contribution < -0.4 is 10.6 Å². The van der Waals surface area contributed by atoms with Gasteiger partial charge in [-0.05, 0) is 54.7 Å². The minimum Gasteiger partial charge on any atom is -0.378 e. The number of amides is 2. The Kier molecular flexibility index (Phi) is 7.83. The van der Waals surface area contributed by atoms with Gasteiger partial charge in [0.1, 0.15) is 0 Å². The number of anilines is 1. The molecule has 6 rings (SSSR count). The molecule has 11 heteroatoms. The lowest BCUT2D eigenvalue weighted by atomic mass is 9.79. The van der Waals surface area contributed by atoms with Crippen LogP contribution in [-0.4, -0.2) is 29.3 Å². The molecule has 5 nitrogen and oxygen atoms in total. The Bertz CT molecular complexity index is 1510. The number of carbonyl (C=O) groups excluding carboxylic acids is 2. The SMILES string of the molecule is O=C(N[C@@H]1CCCC[C@@H]1C(=O)N1CC[C@@H]2[C@H](c3ccccc3)Nc3ccccc3[C@@H]21)c1cc(C(F)(F)F)cc(C(F)(F)F)c1. The molecule has 0 radical (unpaired) electrons. The Labute approximate surface area is 250 Å². The molecular weight excluding hydrogens is 584 g/mol. The highest BCUT2D eigenvalue weighted by atomic mass is 19.4. The van der Waals surface area contributed by atoms with Gasteiger partial charge in [0.25, 0.3) is 5.91 Å². The zero-order chi connectivity index (χ0) is 31.2. The van der Waals surface area contributed by atoms with Crippen molar-refractivity contribution in [2.24, 2.45) is 11.8 Å². The summed E-state index contributed by atoms with van der Waals surface area (Å²) in [5.74, 6) is -1.80. The molecule has 2 heterocycles. The van der Waals surface area contributed by atoms with Crippen molar-refractivity contribution in [1.29, 1.82) is 0 Å². The van der Waals surface area contributed by atoms with Gasteiger partial charge in [0, 0.05) is 29.8 Å². The number of hydrogen-bond donors (Lipinski definition) is 2. The molecule has 3 aliphatic rings. The van der Waals surface area contributed by atoms with E-state index in [0.717, 1.165) is 29.7 Å². The number of hydrogen-bond acceptors (Lipinski definition) is 3. The average molecular weight is 616 g/mol. The number of para-hydroxylation sites is 1. The topological polar surface area (TPSA) is 61.4 Å². The van der Waals surface area contributed by atoms with Gasteiger partial charge in [-0.25, -0.2) is 0 Å². The number of nitrogens with one attached hydrogen (secondary N) is 2. The molecule has 44 heavy (non-hydrogen) atoms. The van der Waals surface area contributed by atoms with E-state index in [-0.39, 0.29) is 30.0 Å². The summed E-state index contributed by atoms with van der Waals surface area (Å²) in [5.41, 5.74) is -0.836. The maximum atomic E-state index is 14.3. The van der Waals surface area contributed by atoms with Crippen LogP contribution in [0.15, 0.2) is 72.8 Å². The molecule has 3 aromatic carbocycles. The van der Waals surface area contributed by atoms with Crippen LogP contribution in [0.25, 0.3) is 0 Å². The molecule has 3 aromatic rings. The summed E-state index contributed by atoms with van der Waals surface area (Å²) in [7, 11) is 0. The molecule has 232 valence electrons. The van der Waals surface area contributed by atoms with Crippen LogP contribution in [0.3, 0.4) is 0 Å². The van der Waals surface area contributed by atoms with E-state index in [0.29, 0.717) is 37.9 Å². The van der Waals surface area contributed by atoms with Crippen molar-refractivity contribution >= 4 is 17.5 Å². The fraction of sp³-hybridized carbons (Fsp3) is 0.394. The zero-order valence-corrected chi connectivity index (χ0v) is 23.6. The van der Waals surface area contributed by atoms with E-state index in [1.165, 1.54) is 0 Å². The minimum atomic E-state index is -5.07. The summed E-state index contributed by atoms with van der Waals surface area (Å²) in [4.78, 5) is 29.3. The van der Waals surface area contributed by atoms with Crippen molar-refractivity contribution in [2.45, 2.75) is 62.6 Å². The number of benzene rings is 3. The molecule has 2 amide bonds. The Balaban J connectivity index is 1.27. The van der Waals surface area contributed by atoms with E-state index >= 15 is 0 Å². The van der Waals surface area contributed by atoms with Crippen LogP contribution in [0.1, 0.15) is 76.8 Å². The fourth-order valence-electron chi connectivity index (χ4n) is 7.11. The number of alkyl halides is 6. The van der Waals surface area contributed by atoms with Gasteiger partial charge < -0.3 is 15.5 Å². The molecule has 1 aliphatic carbocycles. The van der Waals surface area contributed by atoms with E-state index in [2.05, 4.69) is 22.8 Å². The first kappa shape index (κ1) is 30.0. The van der Waals surface area contributed by atoms with Crippen molar-refractivity contribution in [3.8, 4) is 0 Å². The highest BCUT2D eigenvalue weighted by molar-refractivity contribution is 5.95. The lowest BCUT2D eigenvalue weighted by molar-refractivity contribution is -0.143. The molecule has 1 saturated carbocycles. The second kappa shape index (κ2) is 11.5. The van der Waals surface area contributed by atoms with E-state index in [1.807, 2.05) is 47.4 Å². The van der Waals surface area contributed by atoms with E-state index < -0.39 is 46.9 Å². The summed E-state index contributed by atoms with van der Waals surface area (Å²) < 4.78 is 80.5. The first-order valence-corrected chi connectivity index (χ1v) is 14.7. The first-order valence-electron chi connectivity index (χ1n) is 14.7. The predicted octanol–water partition coefficient (Wildman–Crippen LogP) is 7.77. The molecule has 0 spiro atoms. The molecule has 2 fully saturated rings. The average Bonchev–Trinajstić information content (AvgIpc) is 3.45. The molecule has 0 bridgehead atoms. The normalized spacial score (nSPS) is 25.0. The molecular formula is C33H31F6N3O2.